The molecule has 0 aromatic rings. The number of nitrogens with zero attached hydrogens (tertiary/aromatic N) is 4. The van der Waals surface area contributed by atoms with E-state index in [1.165, 1.54) is 0 Å². The maximum Gasteiger partial charge on any atom is 0.317 e. The van der Waals surface area contributed by atoms with Crippen LogP contribution in [0.1, 0.15) is 6.92 Å². The molecule has 2 heterocycles. The number of hydrogen-bond acceptors (Lipinski definition) is 9. The zero-order valence-corrected chi connectivity index (χ0v) is 18.3. The van der Waals surface area contributed by atoms with Crippen LogP contribution in [0, 0.1) is 5.41 Å². The van der Waals surface area contributed by atoms with Crippen LogP contribution in [-0.2, 0) is 23.3 Å². The van der Waals surface area contributed by atoms with E-state index in [4.69, 9.17) is 29.9 Å². The third-order valence-corrected chi connectivity index (χ3v) is 5.26. The molecule has 13 heteroatoms. The molecule has 0 aliphatic carbocycles. The summed E-state index contributed by atoms with van der Waals surface area (Å²) in [6.45, 7) is 8.89. The Balaban J connectivity index is 2.26. The number of nitrogens with one attached hydrogen (secondary N) is 1. The highest BCUT2D eigenvalue weighted by Crippen LogP contribution is 2.34. The topological polar surface area (TPSA) is 155 Å². The second-order valence-corrected chi connectivity index (χ2v) is 7.50. The smallest absolute Gasteiger partial charge is 0.317 e. The lowest BCUT2D eigenvalue weighted by Gasteiger charge is -2.30. The van der Waals surface area contributed by atoms with Crippen LogP contribution in [-0.4, -0.2) is 105 Å². The van der Waals surface area contributed by atoms with E-state index in [2.05, 4.69) is 21.6 Å². The third kappa shape index (κ3) is 6.67. The zero-order valence-electron chi connectivity index (χ0n) is 17.3. The van der Waals surface area contributed by atoms with Crippen molar-refractivity contribution in [1.82, 2.24) is 9.80 Å². The van der Waals surface area contributed by atoms with Crippen molar-refractivity contribution >= 4 is 27.1 Å². The lowest BCUT2D eigenvalue weighted by Crippen LogP contribution is -2.46. The Morgan fingerprint density at radius 2 is 2.17 bits per heavy atom. The number of morpholine rings is 1. The van der Waals surface area contributed by atoms with E-state index in [0.29, 0.717) is 26.4 Å². The molecule has 0 radical (unpaired) electrons. The molecule has 12 nitrogen and oxygen atoms in total. The van der Waals surface area contributed by atoms with Gasteiger partial charge in [0.25, 0.3) is 0 Å². The number of ether oxygens (including phenoxy) is 3. The summed E-state index contributed by atoms with van der Waals surface area (Å²) >= 11 is 0. The number of aliphatic imine (C=N–C) groups is 2. The quantitative estimate of drug-likeness (QED) is 0.219. The number of hydrogen-bond donors (Lipinski definition) is 3. The predicted molar refractivity (Wildman–Crippen MR) is 113 cm³/mol. The van der Waals surface area contributed by atoms with Crippen LogP contribution in [0.25, 0.3) is 0 Å². The van der Waals surface area contributed by atoms with Crippen molar-refractivity contribution in [1.29, 1.82) is 5.41 Å². The van der Waals surface area contributed by atoms with Gasteiger partial charge in [0.2, 0.25) is 0 Å². The van der Waals surface area contributed by atoms with Crippen molar-refractivity contribution in [3.8, 4) is 0 Å². The summed E-state index contributed by atoms with van der Waals surface area (Å²) in [5.74, 6) is 0.0240. The molecule has 2 saturated heterocycles. The maximum atomic E-state index is 11.5. The molecule has 30 heavy (non-hydrogen) atoms. The highest BCUT2D eigenvalue weighted by Gasteiger charge is 2.49. The molecule has 4 N–H and O–H groups in total. The normalized spacial score (nSPS) is 29.6. The summed E-state index contributed by atoms with van der Waals surface area (Å²) in [6.07, 6.45) is -0.110. The van der Waals surface area contributed by atoms with Gasteiger partial charge in [-0.25, -0.2) is 4.99 Å². The molecule has 5 atom stereocenters. The van der Waals surface area contributed by atoms with E-state index in [1.54, 1.807) is 18.1 Å². The van der Waals surface area contributed by atoms with E-state index < -0.39 is 32.8 Å². The van der Waals surface area contributed by atoms with Crippen LogP contribution < -0.4 is 5.73 Å². The Labute approximate surface area is 176 Å². The molecular weight excluding hydrogens is 415 g/mol. The molecule has 0 bridgehead atoms. The van der Waals surface area contributed by atoms with Gasteiger partial charge in [-0.3, -0.25) is 19.9 Å². The molecule has 2 fully saturated rings. The largest absolute Gasteiger partial charge is 0.382 e. The molecule has 0 saturated carbocycles. The van der Waals surface area contributed by atoms with Crippen molar-refractivity contribution in [2.24, 2.45) is 15.7 Å². The molecule has 2 aliphatic rings. The summed E-state index contributed by atoms with van der Waals surface area (Å²) in [5, 5.41) is 7.06. The van der Waals surface area contributed by atoms with Gasteiger partial charge >= 0.3 is 8.25 Å². The van der Waals surface area contributed by atoms with Gasteiger partial charge in [0.05, 0.1) is 13.2 Å². The van der Waals surface area contributed by atoms with Crippen LogP contribution in [0.5, 0.6) is 0 Å². The van der Waals surface area contributed by atoms with Crippen molar-refractivity contribution in [2.45, 2.75) is 31.5 Å². The van der Waals surface area contributed by atoms with Gasteiger partial charge in [-0.05, 0) is 13.6 Å². The van der Waals surface area contributed by atoms with E-state index in [9.17, 15) is 9.46 Å². The monoisotopic (exact) mass is 446 g/mol. The number of amidine groups is 1. The van der Waals surface area contributed by atoms with Crippen LogP contribution in [0.3, 0.4) is 0 Å². The predicted octanol–water partition coefficient (Wildman–Crippen LogP) is -0.346. The van der Waals surface area contributed by atoms with Crippen LogP contribution in [0.2, 0.25) is 0 Å². The fraction of sp³-hybridized carbons (Fsp3) is 0.706. The second-order valence-electron chi connectivity index (χ2n) is 6.73. The summed E-state index contributed by atoms with van der Waals surface area (Å²) < 4.78 is 34.3. The number of nitrogens with two attached hydrogens (primary N) is 1. The Bertz CT molecular complexity index is 671. The average molecular weight is 446 g/mol. The fourth-order valence-electron chi connectivity index (χ4n) is 3.44. The van der Waals surface area contributed by atoms with Crippen LogP contribution in [0.4, 0.5) is 0 Å². The highest BCUT2D eigenvalue weighted by atomic mass is 31.1. The Hall–Kier alpha value is -1.66. The van der Waals surface area contributed by atoms with E-state index >= 15 is 0 Å². The first-order chi connectivity index (χ1) is 14.4. The first-order valence-electron chi connectivity index (χ1n) is 9.61. The lowest BCUT2D eigenvalue weighted by molar-refractivity contribution is -0.0873. The van der Waals surface area contributed by atoms with Gasteiger partial charge in [0.1, 0.15) is 30.3 Å². The molecule has 170 valence electrons. The Morgan fingerprint density at radius 3 is 2.73 bits per heavy atom. The van der Waals surface area contributed by atoms with Crippen molar-refractivity contribution in [3.63, 3.8) is 0 Å². The fourth-order valence-corrected chi connectivity index (χ4v) is 3.96. The minimum atomic E-state index is -3.22. The Morgan fingerprint density at radius 1 is 1.47 bits per heavy atom. The van der Waals surface area contributed by atoms with Gasteiger partial charge < -0.3 is 34.3 Å². The summed E-state index contributed by atoms with van der Waals surface area (Å²) in [5.41, 5.74) is 6.06. The molecule has 0 amide bonds. The molecular formula is C17H31N6O6P. The minimum absolute atomic E-state index is 0.0240. The van der Waals surface area contributed by atoms with Gasteiger partial charge in [-0.2, -0.15) is 0 Å². The molecule has 2 rings (SSSR count). The Kier molecular flexibility index (Phi) is 10.1. The van der Waals surface area contributed by atoms with Crippen molar-refractivity contribution in [3.05, 3.63) is 11.9 Å². The second kappa shape index (κ2) is 12.3. The first kappa shape index (κ1) is 24.6. The van der Waals surface area contributed by atoms with Gasteiger partial charge in [0, 0.05) is 39.5 Å². The van der Waals surface area contributed by atoms with Crippen LogP contribution in [0.15, 0.2) is 21.9 Å². The minimum Gasteiger partial charge on any atom is -0.382 e. The van der Waals surface area contributed by atoms with E-state index in [1.807, 2.05) is 6.92 Å². The van der Waals surface area contributed by atoms with Gasteiger partial charge in [-0.1, -0.05) is 0 Å². The molecule has 0 aromatic carbocycles. The van der Waals surface area contributed by atoms with Crippen LogP contribution >= 0.6 is 8.25 Å². The molecule has 0 aromatic heterocycles. The summed E-state index contributed by atoms with van der Waals surface area (Å²) in [4.78, 5) is 20.8. The summed E-state index contributed by atoms with van der Waals surface area (Å²) in [6, 6.07) is 0. The molecule has 3 unspecified atom stereocenters. The SMILES string of the molecule is C=NC(=C\N(C)C1O[C@H](CN2CCOCC2)C(O[PH](=O)O)[C@@H]1OCC)/C(N)=N\C=N. The third-order valence-electron chi connectivity index (χ3n) is 4.79. The van der Waals surface area contributed by atoms with E-state index in [0.717, 1.165) is 19.4 Å². The van der Waals surface area contributed by atoms with Crippen molar-refractivity contribution in [2.75, 3.05) is 46.5 Å². The van der Waals surface area contributed by atoms with Gasteiger partial charge in [0.15, 0.2) is 12.1 Å². The molecule has 0 spiro atoms. The number of rotatable bonds is 11. The highest BCUT2D eigenvalue weighted by molar-refractivity contribution is 7.32. The zero-order chi connectivity index (χ0) is 22.1. The first-order valence-corrected chi connectivity index (χ1v) is 10.9. The lowest BCUT2D eigenvalue weighted by atomic mass is 10.1. The molecule has 2 aliphatic heterocycles. The van der Waals surface area contributed by atoms with Crippen molar-refractivity contribution < 1.29 is 28.2 Å². The number of likely N-dealkylation sites (N-methyl/N-ethyl adjacent to an activating group) is 1. The average Bonchev–Trinajstić information content (AvgIpc) is 3.04. The standard InChI is InChI=1S/C17H31N6O6P/c1-4-27-15-14(29-30(24)25)13(10-23-5-7-26-8-6-23)28-17(15)22(3)9-12(20-2)16(19)21-11-18/h9,11,13-15,17,30H,2,4-8,10H2,1,3H3,(H,24,25)(H3,18,19,21)/b12-9-/t13-,14?,15+,17?/m1/s1. The summed E-state index contributed by atoms with van der Waals surface area (Å²) in [7, 11) is -1.48. The van der Waals surface area contributed by atoms with E-state index in [-0.39, 0.29) is 11.5 Å². The maximum absolute atomic E-state index is 11.5. The van der Waals surface area contributed by atoms with Gasteiger partial charge in [-0.15, -0.1) is 0 Å².